The molecule has 0 spiro atoms. The van der Waals surface area contributed by atoms with Crippen LogP contribution in [0, 0.1) is 35.0 Å². The molecule has 7 aliphatic rings. The highest BCUT2D eigenvalue weighted by molar-refractivity contribution is 7.99. The molecule has 4 aliphatic carbocycles. The summed E-state index contributed by atoms with van der Waals surface area (Å²) in [6.45, 7) is 21.8. The monoisotopic (exact) mass is 1700 g/mol. The molecule has 3 aromatic carbocycles. The first-order valence-corrected chi connectivity index (χ1v) is 44.6. The van der Waals surface area contributed by atoms with Gasteiger partial charge in [0.1, 0.15) is 18.5 Å². The third kappa shape index (κ3) is 21.0. The normalized spacial score (nSPS) is 25.8. The average Bonchev–Trinajstić information content (AvgIpc) is 0.707. The van der Waals surface area contributed by atoms with Crippen molar-refractivity contribution in [1.29, 1.82) is 0 Å². The SMILES string of the molecule is CSC(C)(C)CC(C)N[C@H]1C[C@@H](COCCS(=O)(=O)O)N(CC(=O)N[C@H](C(=O)N[C@@H](C)C(=O)Cc2ccc(COC(=O)N(C)CCOC34CC5(C)CC(C)(CC(Cn6ncc(-c7ccc(N8CCc9cccc(C(=O)Nc%10nc%11ccccc%11s%10)c9C8)nc7C(=O)O)c6C)(C5)C3)C4)c(C(C)CC3O[C@H](C(=O)O)[C@@H](O)[C@H](C)[C@H]3O)c2)C(C)C)C1=O. The molecular formula is C86H115N11O19S3. The number of aromatic nitrogens is 4. The van der Waals surface area contributed by atoms with Crippen molar-refractivity contribution in [3.63, 3.8) is 0 Å². The second kappa shape index (κ2) is 36.3. The molecule has 5 amide bonds. The van der Waals surface area contributed by atoms with E-state index in [1.165, 1.54) is 28.1 Å². The van der Waals surface area contributed by atoms with Crippen LogP contribution in [0.2, 0.25) is 0 Å². The molecular weight excluding hydrogens is 1590 g/mol. The number of aliphatic hydroxyl groups excluding tert-OH is 2. The highest BCUT2D eigenvalue weighted by atomic mass is 32.2. The number of amides is 5. The zero-order valence-electron chi connectivity index (χ0n) is 70.1. The number of anilines is 2. The second-order valence-electron chi connectivity index (χ2n) is 36.0. The number of ether oxygens (including phenoxy) is 4. The molecule has 4 saturated carbocycles. The molecule has 13 rings (SSSR count). The number of aromatic carboxylic acids is 1. The van der Waals surface area contributed by atoms with E-state index in [2.05, 4.69) is 53.9 Å². The number of nitrogens with one attached hydrogen (secondary N) is 4. The topological polar surface area (TPSA) is 410 Å². The van der Waals surface area contributed by atoms with Crippen molar-refractivity contribution in [3.8, 4) is 11.1 Å². The van der Waals surface area contributed by atoms with Crippen LogP contribution in [0.5, 0.6) is 0 Å². The van der Waals surface area contributed by atoms with E-state index in [0.29, 0.717) is 70.4 Å². The fraction of sp³-hybridized carbons (Fsp3) is 0.593. The smallest absolute Gasteiger partial charge is 0.409 e. The molecule has 6 heterocycles. The molecule has 30 nitrogen and oxygen atoms in total. The van der Waals surface area contributed by atoms with Crippen LogP contribution in [0.4, 0.5) is 15.7 Å². The van der Waals surface area contributed by atoms with Crippen LogP contribution in [-0.4, -0.2) is 234 Å². The number of carboxylic acid groups (broad SMARTS) is 2. The first-order chi connectivity index (χ1) is 56.0. The molecule has 646 valence electrons. The molecule has 5 unspecified atom stereocenters. The Balaban J connectivity index is 0.679. The Labute approximate surface area is 703 Å². The minimum atomic E-state index is -4.33. The molecule has 119 heavy (non-hydrogen) atoms. The maximum atomic E-state index is 14.2. The standard InChI is InChI=1S/C86H115N11O19S3/c1-48(2)70(92-69(99)38-96-57(40-113-29-30-119(110,111)112)34-64(77(96)104)88-50(4)35-82(8,9)117-13)76(103)89-52(6)65(98)33-54-21-22-56(60(32-54)49(3)31-66-72(100)51(5)73(101)74(116-66)79(107)108)39-114-81(109)94(12)27-28-115-86-44-83(10)41-84(11,45-86)43-85(42-83,46-86)47-97-53(7)61(36-87-97)58-23-24-68(91-71(58)78(105)106)95-26-25-55-17-16-18-59(62(55)37-95)75(102)93-80-90-63-19-14-15-20-67(63)118-80/h14-24,32,36,48-52,57,64,66,70,72-74,88,100-101H,25-31,33-35,37-47H2,1-13H3,(H,89,103)(H,92,99)(H,105,106)(H,107,108)(H,90,93,102)(H,110,111,112)/t49?,50?,51-,52+,57+,64+,66?,70+,72-,73+,74+,83?,84?,85?,86?/m1/s1. The first-order valence-electron chi connectivity index (χ1n) is 41.0. The summed E-state index contributed by atoms with van der Waals surface area (Å²) in [6, 6.07) is 18.5. The van der Waals surface area contributed by atoms with E-state index in [0.717, 1.165) is 72.0 Å². The summed E-state index contributed by atoms with van der Waals surface area (Å²) >= 11 is 3.09. The number of fused-ring (bicyclic) bond motifs is 2. The number of para-hydroxylation sites is 1. The van der Waals surface area contributed by atoms with E-state index in [4.69, 9.17) is 29.0 Å². The number of carboxylic acids is 2. The summed E-state index contributed by atoms with van der Waals surface area (Å²) in [5.74, 6) is -7.06. The Morgan fingerprint density at radius 2 is 1.61 bits per heavy atom. The first kappa shape index (κ1) is 89.7. The Bertz CT molecular complexity index is 4870. The van der Waals surface area contributed by atoms with E-state index in [1.54, 1.807) is 76.1 Å². The van der Waals surface area contributed by atoms with Crippen LogP contribution in [0.3, 0.4) is 0 Å². The van der Waals surface area contributed by atoms with Gasteiger partial charge in [0, 0.05) is 78.7 Å². The number of pyridine rings is 1. The third-order valence-electron chi connectivity index (χ3n) is 25.1. The molecule has 3 aliphatic heterocycles. The van der Waals surface area contributed by atoms with Gasteiger partial charge in [0.25, 0.3) is 16.0 Å². The van der Waals surface area contributed by atoms with Gasteiger partial charge >= 0.3 is 18.0 Å². The number of nitrogens with zero attached hydrogens (tertiary/aromatic N) is 7. The Morgan fingerprint density at radius 1 is 0.882 bits per heavy atom. The van der Waals surface area contributed by atoms with E-state index >= 15 is 0 Å². The average molecular weight is 1700 g/mol. The van der Waals surface area contributed by atoms with E-state index in [-0.39, 0.29) is 96.8 Å². The highest BCUT2D eigenvalue weighted by Crippen LogP contribution is 2.72. The van der Waals surface area contributed by atoms with Gasteiger partial charge in [0.05, 0.1) is 90.6 Å². The van der Waals surface area contributed by atoms with Crippen molar-refractivity contribution in [1.82, 2.24) is 45.5 Å². The van der Waals surface area contributed by atoms with Crippen LogP contribution in [-0.2, 0) is 85.6 Å². The molecule has 13 atom stereocenters. The predicted octanol–water partition coefficient (Wildman–Crippen LogP) is 9.63. The number of ketones is 1. The van der Waals surface area contributed by atoms with Gasteiger partial charge in [-0.3, -0.25) is 38.5 Å². The van der Waals surface area contributed by atoms with Crippen LogP contribution in [0.1, 0.15) is 187 Å². The Morgan fingerprint density at radius 3 is 2.30 bits per heavy atom. The van der Waals surface area contributed by atoms with Gasteiger partial charge in [-0.05, 0) is 177 Å². The molecule has 4 bridgehead atoms. The summed E-state index contributed by atoms with van der Waals surface area (Å²) in [5, 5.41) is 60.4. The van der Waals surface area contributed by atoms with Crippen molar-refractivity contribution < 1.29 is 90.7 Å². The van der Waals surface area contributed by atoms with Gasteiger partial charge in [0.15, 0.2) is 22.7 Å². The lowest BCUT2D eigenvalue weighted by Crippen LogP contribution is -2.64. The number of Topliss-reactive ketones (excluding diaryl/α,β-unsaturated/α-hetero) is 1. The molecule has 0 radical (unpaired) electrons. The van der Waals surface area contributed by atoms with Crippen LogP contribution >= 0.6 is 23.1 Å². The maximum absolute atomic E-state index is 14.2. The zero-order chi connectivity index (χ0) is 86.2. The summed E-state index contributed by atoms with van der Waals surface area (Å²) < 4.78 is 59.6. The van der Waals surface area contributed by atoms with Gasteiger partial charge in [-0.15, -0.1) is 0 Å². The van der Waals surface area contributed by atoms with Gasteiger partial charge in [0.2, 0.25) is 17.7 Å². The number of carbonyl (C=O) groups is 8. The number of thiazole rings is 1. The zero-order valence-corrected chi connectivity index (χ0v) is 72.5. The highest BCUT2D eigenvalue weighted by Gasteiger charge is 2.66. The fourth-order valence-corrected chi connectivity index (χ4v) is 21.8. The van der Waals surface area contributed by atoms with Gasteiger partial charge in [-0.25, -0.2) is 24.4 Å². The van der Waals surface area contributed by atoms with Crippen molar-refractivity contribution >= 4 is 102 Å². The van der Waals surface area contributed by atoms with E-state index in [1.807, 2.05) is 79.1 Å². The molecule has 6 aromatic rings. The number of thioether (sulfide) groups is 1. The number of hydrogen-bond donors (Lipinski definition) is 9. The lowest BCUT2D eigenvalue weighted by molar-refractivity contribution is -0.248. The largest absolute Gasteiger partial charge is 0.479 e. The lowest BCUT2D eigenvalue weighted by atomic mass is 9.39. The van der Waals surface area contributed by atoms with Crippen molar-refractivity contribution in [2.75, 3.05) is 68.7 Å². The number of likely N-dealkylation sites (tertiary alicyclic amines) is 1. The predicted molar refractivity (Wildman–Crippen MR) is 450 cm³/mol. The van der Waals surface area contributed by atoms with Gasteiger partial charge in [-0.2, -0.15) is 25.3 Å². The number of carbonyl (C=O) groups excluding carboxylic acids is 6. The number of hydrogen-bond acceptors (Lipinski definition) is 23. The summed E-state index contributed by atoms with van der Waals surface area (Å²) in [5.41, 5.74) is 5.75. The van der Waals surface area contributed by atoms with Crippen LogP contribution in [0.15, 0.2) is 79.0 Å². The van der Waals surface area contributed by atoms with Crippen molar-refractivity contribution in [2.24, 2.45) is 28.1 Å². The number of likely N-dealkylation sites (N-methyl/N-ethyl adjacent to an activating group) is 1. The molecule has 3 aromatic heterocycles. The number of aliphatic carboxylic acids is 1. The fourth-order valence-electron chi connectivity index (χ4n) is 20.2. The Kier molecular flexibility index (Phi) is 27.4. The van der Waals surface area contributed by atoms with Gasteiger partial charge in [-0.1, -0.05) is 109 Å². The lowest BCUT2D eigenvalue weighted by Gasteiger charge is -2.69. The second-order valence-corrected chi connectivity index (χ2v) is 40.1. The summed E-state index contributed by atoms with van der Waals surface area (Å²) in [4.78, 5) is 124. The van der Waals surface area contributed by atoms with Crippen molar-refractivity contribution in [3.05, 3.63) is 124 Å². The number of benzene rings is 3. The van der Waals surface area contributed by atoms with Gasteiger partial charge < -0.3 is 70.0 Å². The Hall–Kier alpha value is -8.51. The number of aliphatic hydroxyl groups is 2. The quantitative estimate of drug-likeness (QED) is 0.0130. The minimum Gasteiger partial charge on any atom is -0.479 e. The molecule has 33 heteroatoms. The van der Waals surface area contributed by atoms with Crippen LogP contribution in [0.25, 0.3) is 21.3 Å². The molecule has 6 fully saturated rings. The maximum Gasteiger partial charge on any atom is 0.409 e. The summed E-state index contributed by atoms with van der Waals surface area (Å²) in [6.07, 6.45) is 4.43. The van der Waals surface area contributed by atoms with E-state index in [9.17, 15) is 71.8 Å². The third-order valence-corrected chi connectivity index (χ3v) is 28.0. The van der Waals surface area contributed by atoms with Crippen molar-refractivity contribution in [2.45, 2.75) is 237 Å². The van der Waals surface area contributed by atoms with E-state index < -0.39 is 130 Å². The van der Waals surface area contributed by atoms with Crippen LogP contribution < -0.4 is 26.2 Å². The summed E-state index contributed by atoms with van der Waals surface area (Å²) in [7, 11) is -2.70. The number of rotatable bonds is 36. The minimum absolute atomic E-state index is 0.0535. The molecule has 9 N–H and O–H groups in total. The molecule has 2 saturated heterocycles.